The Bertz CT molecular complexity index is 285. The number of nitrogens with one attached hydrogen (secondary N) is 1. The van der Waals surface area contributed by atoms with E-state index in [4.69, 9.17) is 4.74 Å². The first-order valence-corrected chi connectivity index (χ1v) is 5.62. The Morgan fingerprint density at radius 1 is 1.50 bits per heavy atom. The SMILES string of the molecule is COCCCNc1nccn1CCN(C)C. The molecule has 0 amide bonds. The summed E-state index contributed by atoms with van der Waals surface area (Å²) in [5.41, 5.74) is 0. The zero-order valence-electron chi connectivity index (χ0n) is 10.4. The molecule has 0 aromatic carbocycles. The van der Waals surface area contributed by atoms with E-state index in [0.717, 1.165) is 38.6 Å². The van der Waals surface area contributed by atoms with Crippen molar-refractivity contribution in [2.24, 2.45) is 0 Å². The highest BCUT2D eigenvalue weighted by Gasteiger charge is 2.01. The fourth-order valence-electron chi connectivity index (χ4n) is 1.38. The van der Waals surface area contributed by atoms with Crippen molar-refractivity contribution in [1.82, 2.24) is 14.5 Å². The minimum atomic E-state index is 0.783. The molecule has 0 radical (unpaired) electrons. The first-order valence-electron chi connectivity index (χ1n) is 5.62. The second kappa shape index (κ2) is 7.24. The molecular weight excluding hydrogens is 204 g/mol. The van der Waals surface area contributed by atoms with Gasteiger partial charge in [-0.3, -0.25) is 0 Å². The van der Waals surface area contributed by atoms with Crippen molar-refractivity contribution in [2.75, 3.05) is 46.2 Å². The Balaban J connectivity index is 2.32. The average Bonchev–Trinajstić information content (AvgIpc) is 2.69. The van der Waals surface area contributed by atoms with Gasteiger partial charge in [0, 0.05) is 45.7 Å². The molecule has 5 heteroatoms. The van der Waals surface area contributed by atoms with Crippen LogP contribution < -0.4 is 5.32 Å². The summed E-state index contributed by atoms with van der Waals surface area (Å²) in [6.45, 7) is 3.65. The van der Waals surface area contributed by atoms with Crippen LogP contribution in [0.2, 0.25) is 0 Å². The van der Waals surface area contributed by atoms with Crippen LogP contribution in [-0.2, 0) is 11.3 Å². The van der Waals surface area contributed by atoms with Gasteiger partial charge in [-0.25, -0.2) is 4.98 Å². The number of aromatic nitrogens is 2. The van der Waals surface area contributed by atoms with Crippen LogP contribution in [0.25, 0.3) is 0 Å². The van der Waals surface area contributed by atoms with Gasteiger partial charge in [0.15, 0.2) is 0 Å². The number of likely N-dealkylation sites (N-methyl/N-ethyl adjacent to an activating group) is 1. The number of hydrogen-bond acceptors (Lipinski definition) is 4. The number of rotatable bonds is 8. The van der Waals surface area contributed by atoms with Crippen LogP contribution in [0.5, 0.6) is 0 Å². The largest absolute Gasteiger partial charge is 0.385 e. The van der Waals surface area contributed by atoms with Gasteiger partial charge >= 0.3 is 0 Å². The molecule has 0 fully saturated rings. The minimum absolute atomic E-state index is 0.783. The number of ether oxygens (including phenoxy) is 1. The van der Waals surface area contributed by atoms with Crippen molar-refractivity contribution in [3.63, 3.8) is 0 Å². The summed E-state index contributed by atoms with van der Waals surface area (Å²) in [7, 11) is 5.86. The van der Waals surface area contributed by atoms with E-state index in [0.29, 0.717) is 0 Å². The third-order valence-electron chi connectivity index (χ3n) is 2.31. The topological polar surface area (TPSA) is 42.3 Å². The van der Waals surface area contributed by atoms with Crippen LogP contribution >= 0.6 is 0 Å². The minimum Gasteiger partial charge on any atom is -0.385 e. The second-order valence-corrected chi connectivity index (χ2v) is 4.02. The molecule has 0 saturated heterocycles. The standard InChI is InChI=1S/C11H22N4O/c1-14(2)8-9-15-7-6-13-11(15)12-5-4-10-16-3/h6-7H,4-5,8-10H2,1-3H3,(H,12,13). The summed E-state index contributed by atoms with van der Waals surface area (Å²) < 4.78 is 7.13. The lowest BCUT2D eigenvalue weighted by molar-refractivity contribution is 0.197. The van der Waals surface area contributed by atoms with Crippen LogP contribution in [0, 0.1) is 0 Å². The van der Waals surface area contributed by atoms with Gasteiger partial charge in [0.05, 0.1) is 0 Å². The maximum absolute atomic E-state index is 5.00. The molecule has 0 spiro atoms. The van der Waals surface area contributed by atoms with Gasteiger partial charge in [-0.15, -0.1) is 0 Å². The lowest BCUT2D eigenvalue weighted by Crippen LogP contribution is -2.19. The Labute approximate surface area is 97.4 Å². The molecule has 5 nitrogen and oxygen atoms in total. The van der Waals surface area contributed by atoms with Crippen LogP contribution in [0.1, 0.15) is 6.42 Å². The third kappa shape index (κ3) is 4.63. The molecule has 1 N–H and O–H groups in total. The summed E-state index contributed by atoms with van der Waals surface area (Å²) in [5.74, 6) is 0.943. The Hall–Kier alpha value is -1.07. The highest BCUT2D eigenvalue weighted by atomic mass is 16.5. The maximum atomic E-state index is 5.00. The zero-order chi connectivity index (χ0) is 11.8. The van der Waals surface area contributed by atoms with Crippen molar-refractivity contribution in [3.8, 4) is 0 Å². The highest BCUT2D eigenvalue weighted by Crippen LogP contribution is 2.04. The molecule has 1 heterocycles. The number of nitrogens with zero attached hydrogens (tertiary/aromatic N) is 3. The number of anilines is 1. The van der Waals surface area contributed by atoms with E-state index in [1.54, 1.807) is 7.11 Å². The molecule has 0 aliphatic heterocycles. The quantitative estimate of drug-likeness (QED) is 0.669. The molecule has 0 aliphatic rings. The van der Waals surface area contributed by atoms with Crippen LogP contribution in [0.4, 0.5) is 5.95 Å². The molecule has 1 aromatic rings. The normalized spacial score (nSPS) is 11.0. The fourth-order valence-corrected chi connectivity index (χ4v) is 1.38. The summed E-state index contributed by atoms with van der Waals surface area (Å²) in [4.78, 5) is 6.45. The molecule has 16 heavy (non-hydrogen) atoms. The van der Waals surface area contributed by atoms with Crippen LogP contribution in [0.3, 0.4) is 0 Å². The van der Waals surface area contributed by atoms with Crippen molar-refractivity contribution < 1.29 is 4.74 Å². The van der Waals surface area contributed by atoms with Gasteiger partial charge in [-0.2, -0.15) is 0 Å². The first kappa shape index (κ1) is 13.0. The predicted octanol–water partition coefficient (Wildman–Crippen LogP) is 0.893. The second-order valence-electron chi connectivity index (χ2n) is 4.02. The molecule has 92 valence electrons. The first-order chi connectivity index (χ1) is 7.74. The van der Waals surface area contributed by atoms with E-state index >= 15 is 0 Å². The molecule has 0 saturated carbocycles. The van der Waals surface area contributed by atoms with Gasteiger partial charge in [0.2, 0.25) is 5.95 Å². The van der Waals surface area contributed by atoms with E-state index in [2.05, 4.69) is 33.9 Å². The third-order valence-corrected chi connectivity index (χ3v) is 2.31. The molecule has 0 unspecified atom stereocenters. The highest BCUT2D eigenvalue weighted by molar-refractivity contribution is 5.25. The van der Waals surface area contributed by atoms with Gasteiger partial charge in [-0.05, 0) is 20.5 Å². The molecule has 0 aliphatic carbocycles. The van der Waals surface area contributed by atoms with Crippen molar-refractivity contribution in [1.29, 1.82) is 0 Å². The lowest BCUT2D eigenvalue weighted by Gasteiger charge is -2.13. The molecule has 0 bridgehead atoms. The zero-order valence-corrected chi connectivity index (χ0v) is 10.4. The van der Waals surface area contributed by atoms with Gasteiger partial charge in [-0.1, -0.05) is 0 Å². The van der Waals surface area contributed by atoms with E-state index in [-0.39, 0.29) is 0 Å². The summed E-state index contributed by atoms with van der Waals surface area (Å²) >= 11 is 0. The van der Waals surface area contributed by atoms with Crippen molar-refractivity contribution in [3.05, 3.63) is 12.4 Å². The van der Waals surface area contributed by atoms with Crippen LogP contribution in [-0.4, -0.2) is 55.4 Å². The monoisotopic (exact) mass is 226 g/mol. The molecule has 1 rings (SSSR count). The molecule has 1 aromatic heterocycles. The summed E-state index contributed by atoms with van der Waals surface area (Å²) in [5, 5.41) is 3.31. The van der Waals surface area contributed by atoms with Crippen LogP contribution in [0.15, 0.2) is 12.4 Å². The van der Waals surface area contributed by atoms with E-state index < -0.39 is 0 Å². The van der Waals surface area contributed by atoms with E-state index in [9.17, 15) is 0 Å². The maximum Gasteiger partial charge on any atom is 0.202 e. The van der Waals surface area contributed by atoms with Crippen molar-refractivity contribution >= 4 is 5.95 Å². The summed E-state index contributed by atoms with van der Waals surface area (Å²) in [6, 6.07) is 0. The Morgan fingerprint density at radius 2 is 2.31 bits per heavy atom. The average molecular weight is 226 g/mol. The van der Waals surface area contributed by atoms with Gasteiger partial charge in [0.1, 0.15) is 0 Å². The smallest absolute Gasteiger partial charge is 0.202 e. The Morgan fingerprint density at radius 3 is 3.00 bits per heavy atom. The van der Waals surface area contributed by atoms with Gasteiger partial charge < -0.3 is 19.5 Å². The van der Waals surface area contributed by atoms with E-state index in [1.807, 2.05) is 12.4 Å². The lowest BCUT2D eigenvalue weighted by atomic mass is 10.4. The molecule has 0 atom stereocenters. The predicted molar refractivity (Wildman–Crippen MR) is 65.8 cm³/mol. The van der Waals surface area contributed by atoms with Gasteiger partial charge in [0.25, 0.3) is 0 Å². The Kier molecular flexibility index (Phi) is 5.88. The molecular formula is C11H22N4O. The fraction of sp³-hybridized carbons (Fsp3) is 0.727. The van der Waals surface area contributed by atoms with E-state index in [1.165, 1.54) is 0 Å². The summed E-state index contributed by atoms with van der Waals surface area (Å²) in [6.07, 6.45) is 4.83. The number of methoxy groups -OCH3 is 1. The number of imidazole rings is 1. The number of hydrogen-bond donors (Lipinski definition) is 1. The van der Waals surface area contributed by atoms with Crippen molar-refractivity contribution in [2.45, 2.75) is 13.0 Å².